The molecule has 0 unspecified atom stereocenters. The minimum atomic E-state index is -0.568. The van der Waals surface area contributed by atoms with Crippen LogP contribution in [-0.2, 0) is 17.7 Å². The second kappa shape index (κ2) is 10.7. The maximum absolute atomic E-state index is 13.6. The molecule has 0 saturated heterocycles. The van der Waals surface area contributed by atoms with Crippen molar-refractivity contribution >= 4 is 16.9 Å². The molecule has 0 N–H and O–H groups in total. The Bertz CT molecular complexity index is 1480. The molecule has 5 nitrogen and oxygen atoms in total. The Labute approximate surface area is 219 Å². The van der Waals surface area contributed by atoms with E-state index in [4.69, 9.17) is 9.72 Å². The Hall–Kier alpha value is -3.73. The van der Waals surface area contributed by atoms with Gasteiger partial charge in [0.15, 0.2) is 0 Å². The quantitative estimate of drug-likeness (QED) is 0.255. The first-order valence-corrected chi connectivity index (χ1v) is 13.0. The number of carbonyl (C=O) groups excluding carboxylic acids is 1. The van der Waals surface area contributed by atoms with Crippen molar-refractivity contribution in [2.24, 2.45) is 0 Å². The molecule has 0 aliphatic rings. The summed E-state index contributed by atoms with van der Waals surface area (Å²) in [5, 5.41) is 0.661. The predicted octanol–water partition coefficient (Wildman–Crippen LogP) is 7.14. The number of benzene rings is 3. The van der Waals surface area contributed by atoms with E-state index in [9.17, 15) is 9.59 Å². The van der Waals surface area contributed by atoms with E-state index < -0.39 is 5.60 Å². The lowest BCUT2D eigenvalue weighted by Gasteiger charge is -2.20. The molecule has 0 radical (unpaired) electrons. The summed E-state index contributed by atoms with van der Waals surface area (Å²) in [5.41, 5.74) is 4.59. The van der Waals surface area contributed by atoms with E-state index in [2.05, 4.69) is 26.8 Å². The molecule has 4 aromatic rings. The second-order valence-corrected chi connectivity index (χ2v) is 10.8. The molecule has 0 bridgehead atoms. The lowest BCUT2D eigenvalue weighted by molar-refractivity contribution is 0.00704. The predicted molar refractivity (Wildman–Crippen MR) is 150 cm³/mol. The number of fused-ring (bicyclic) bond motifs is 1. The summed E-state index contributed by atoms with van der Waals surface area (Å²) in [5.74, 6) is 0.797. The Balaban J connectivity index is 1.69. The normalized spacial score (nSPS) is 11.8. The SMILES string of the molecule is CCCc1nc2ccc(C(C)C)cc2c(=O)n1Cc1ccc(-c2ccccc2C(=O)OC(C)(C)C)cc1. The number of aryl methyl sites for hydroxylation is 1. The Morgan fingerprint density at radius 2 is 1.70 bits per heavy atom. The third-order valence-corrected chi connectivity index (χ3v) is 6.35. The van der Waals surface area contributed by atoms with Crippen LogP contribution in [0, 0.1) is 0 Å². The van der Waals surface area contributed by atoms with Crippen molar-refractivity contribution in [3.63, 3.8) is 0 Å². The number of rotatable bonds is 7. The monoisotopic (exact) mass is 496 g/mol. The van der Waals surface area contributed by atoms with Gasteiger partial charge in [0.2, 0.25) is 0 Å². The summed E-state index contributed by atoms with van der Waals surface area (Å²) in [6, 6.07) is 21.5. The first-order chi connectivity index (χ1) is 17.6. The third-order valence-electron chi connectivity index (χ3n) is 6.35. The van der Waals surface area contributed by atoms with Gasteiger partial charge in [-0.25, -0.2) is 9.78 Å². The summed E-state index contributed by atoms with van der Waals surface area (Å²) >= 11 is 0. The molecule has 3 aromatic carbocycles. The molecule has 0 aliphatic heterocycles. The zero-order chi connectivity index (χ0) is 26.7. The van der Waals surface area contributed by atoms with Crippen molar-refractivity contribution in [1.82, 2.24) is 9.55 Å². The molecule has 0 amide bonds. The van der Waals surface area contributed by atoms with Crippen molar-refractivity contribution in [3.8, 4) is 11.1 Å². The number of carbonyl (C=O) groups is 1. The molecule has 0 spiro atoms. The van der Waals surface area contributed by atoms with Gasteiger partial charge in [0.05, 0.1) is 23.0 Å². The van der Waals surface area contributed by atoms with Crippen LogP contribution in [0.3, 0.4) is 0 Å². The minimum absolute atomic E-state index is 0.00435. The molecule has 4 rings (SSSR count). The van der Waals surface area contributed by atoms with Crippen LogP contribution in [0.4, 0.5) is 0 Å². The highest BCUT2D eigenvalue weighted by Crippen LogP contribution is 2.26. The van der Waals surface area contributed by atoms with Crippen molar-refractivity contribution in [3.05, 3.63) is 99.6 Å². The summed E-state index contributed by atoms with van der Waals surface area (Å²) in [7, 11) is 0. The summed E-state index contributed by atoms with van der Waals surface area (Å²) in [6.45, 7) is 12.4. The maximum Gasteiger partial charge on any atom is 0.339 e. The topological polar surface area (TPSA) is 61.2 Å². The lowest BCUT2D eigenvalue weighted by atomic mass is 9.98. The van der Waals surface area contributed by atoms with Gasteiger partial charge in [-0.1, -0.05) is 69.3 Å². The fourth-order valence-corrected chi connectivity index (χ4v) is 4.44. The Morgan fingerprint density at radius 3 is 2.35 bits per heavy atom. The van der Waals surface area contributed by atoms with Gasteiger partial charge in [0, 0.05) is 6.42 Å². The van der Waals surface area contributed by atoms with Crippen LogP contribution in [0.15, 0.2) is 71.5 Å². The van der Waals surface area contributed by atoms with Crippen molar-refractivity contribution in [2.45, 2.75) is 72.4 Å². The van der Waals surface area contributed by atoms with Gasteiger partial charge in [-0.05, 0) is 73.6 Å². The van der Waals surface area contributed by atoms with Gasteiger partial charge in [-0.2, -0.15) is 0 Å². The van der Waals surface area contributed by atoms with E-state index in [0.29, 0.717) is 23.4 Å². The van der Waals surface area contributed by atoms with Crippen molar-refractivity contribution in [1.29, 1.82) is 0 Å². The molecule has 0 atom stereocenters. The number of hydrogen-bond donors (Lipinski definition) is 0. The van der Waals surface area contributed by atoms with E-state index >= 15 is 0 Å². The highest BCUT2D eigenvalue weighted by Gasteiger charge is 2.21. The van der Waals surface area contributed by atoms with Crippen LogP contribution in [0.1, 0.15) is 81.2 Å². The van der Waals surface area contributed by atoms with Gasteiger partial charge in [-0.3, -0.25) is 9.36 Å². The standard InChI is InChI=1S/C32H36N2O3/c1-7-10-29-33-28-18-17-24(21(2)3)19-27(28)30(35)34(29)20-22-13-15-23(16-14-22)25-11-8-9-12-26(25)31(36)37-32(4,5)6/h8-9,11-19,21H,7,10,20H2,1-6H3. The molecular formula is C32H36N2O3. The van der Waals surface area contributed by atoms with E-state index in [1.165, 1.54) is 0 Å². The molecular weight excluding hydrogens is 460 g/mol. The van der Waals surface area contributed by atoms with Gasteiger partial charge in [0.25, 0.3) is 5.56 Å². The van der Waals surface area contributed by atoms with Crippen LogP contribution in [-0.4, -0.2) is 21.1 Å². The van der Waals surface area contributed by atoms with Gasteiger partial charge in [0.1, 0.15) is 11.4 Å². The Kier molecular flexibility index (Phi) is 7.63. The number of nitrogens with zero attached hydrogens (tertiary/aromatic N) is 2. The first-order valence-electron chi connectivity index (χ1n) is 13.0. The van der Waals surface area contributed by atoms with Crippen LogP contribution in [0.5, 0.6) is 0 Å². The summed E-state index contributed by atoms with van der Waals surface area (Å²) in [6.07, 6.45) is 1.64. The highest BCUT2D eigenvalue weighted by atomic mass is 16.6. The second-order valence-electron chi connectivity index (χ2n) is 10.8. The third kappa shape index (κ3) is 5.99. The van der Waals surface area contributed by atoms with E-state index in [-0.39, 0.29) is 11.5 Å². The molecule has 1 heterocycles. The number of hydrogen-bond acceptors (Lipinski definition) is 4. The fourth-order valence-electron chi connectivity index (χ4n) is 4.44. The van der Waals surface area contributed by atoms with E-state index in [1.807, 2.05) is 75.4 Å². The van der Waals surface area contributed by atoms with Crippen LogP contribution in [0.2, 0.25) is 0 Å². The highest BCUT2D eigenvalue weighted by molar-refractivity contribution is 5.97. The van der Waals surface area contributed by atoms with Gasteiger partial charge < -0.3 is 4.74 Å². The zero-order valence-corrected chi connectivity index (χ0v) is 22.7. The lowest BCUT2D eigenvalue weighted by Crippen LogP contribution is -2.26. The summed E-state index contributed by atoms with van der Waals surface area (Å²) < 4.78 is 7.42. The smallest absolute Gasteiger partial charge is 0.339 e. The Morgan fingerprint density at radius 1 is 1.00 bits per heavy atom. The molecule has 5 heteroatoms. The van der Waals surface area contributed by atoms with Gasteiger partial charge >= 0.3 is 5.97 Å². The van der Waals surface area contributed by atoms with Crippen LogP contribution < -0.4 is 5.56 Å². The number of ether oxygens (including phenoxy) is 1. The molecule has 0 saturated carbocycles. The van der Waals surface area contributed by atoms with Crippen LogP contribution in [0.25, 0.3) is 22.0 Å². The fraction of sp³-hybridized carbons (Fsp3) is 0.344. The maximum atomic E-state index is 13.6. The largest absolute Gasteiger partial charge is 0.456 e. The van der Waals surface area contributed by atoms with E-state index in [1.54, 1.807) is 10.6 Å². The number of esters is 1. The molecule has 0 fully saturated rings. The molecule has 192 valence electrons. The van der Waals surface area contributed by atoms with Crippen LogP contribution >= 0.6 is 0 Å². The van der Waals surface area contributed by atoms with E-state index in [0.717, 1.165) is 46.4 Å². The molecule has 0 aliphatic carbocycles. The average Bonchev–Trinajstić information content (AvgIpc) is 2.85. The summed E-state index contributed by atoms with van der Waals surface area (Å²) in [4.78, 5) is 31.3. The first kappa shape index (κ1) is 26.3. The van der Waals surface area contributed by atoms with Gasteiger partial charge in [-0.15, -0.1) is 0 Å². The number of aromatic nitrogens is 2. The minimum Gasteiger partial charge on any atom is -0.456 e. The zero-order valence-electron chi connectivity index (χ0n) is 22.7. The van der Waals surface area contributed by atoms with Crippen molar-refractivity contribution < 1.29 is 9.53 Å². The molecule has 1 aromatic heterocycles. The average molecular weight is 497 g/mol. The van der Waals surface area contributed by atoms with Crippen molar-refractivity contribution in [2.75, 3.05) is 0 Å². The molecule has 37 heavy (non-hydrogen) atoms.